The fourth-order valence-electron chi connectivity index (χ4n) is 1.56. The van der Waals surface area contributed by atoms with E-state index in [4.69, 9.17) is 0 Å². The van der Waals surface area contributed by atoms with Gasteiger partial charge in [0.1, 0.15) is 12.4 Å². The Morgan fingerprint density at radius 3 is 2.83 bits per heavy atom. The highest BCUT2D eigenvalue weighted by molar-refractivity contribution is 5.77. The zero-order valence-electron chi connectivity index (χ0n) is 9.40. The first-order valence-corrected chi connectivity index (χ1v) is 5.02. The molecule has 1 N–H and O–H groups in total. The summed E-state index contributed by atoms with van der Waals surface area (Å²) in [6.45, 7) is -0.517. The highest BCUT2D eigenvalue weighted by Gasteiger charge is 2.11. The van der Waals surface area contributed by atoms with Crippen LogP contribution in [0.25, 0.3) is 10.9 Å². The van der Waals surface area contributed by atoms with Crippen molar-refractivity contribution in [3.63, 3.8) is 0 Å². The number of carbonyl (C=O) groups is 1. The fraction of sp³-hybridized carbons (Fsp3) is 0.182. The number of carbonyl (C=O) groups excluding carboxylic acids is 1. The molecule has 2 rings (SSSR count). The van der Waals surface area contributed by atoms with Gasteiger partial charge >= 0.3 is 11.7 Å². The van der Waals surface area contributed by atoms with Gasteiger partial charge in [0, 0.05) is 0 Å². The van der Waals surface area contributed by atoms with Crippen LogP contribution in [-0.2, 0) is 16.1 Å². The van der Waals surface area contributed by atoms with Crippen LogP contribution in [0.5, 0.6) is 0 Å². The van der Waals surface area contributed by atoms with Crippen molar-refractivity contribution in [2.75, 3.05) is 7.11 Å². The highest BCUT2D eigenvalue weighted by atomic mass is 19.1. The molecule has 0 saturated carbocycles. The number of aromatic nitrogens is 2. The minimum Gasteiger partial charge on any atom is -0.468 e. The third-order valence-electron chi connectivity index (χ3n) is 2.46. The van der Waals surface area contributed by atoms with Gasteiger partial charge in [-0.25, -0.2) is 13.8 Å². The van der Waals surface area contributed by atoms with Crippen molar-refractivity contribution >= 4 is 16.9 Å². The van der Waals surface area contributed by atoms with Gasteiger partial charge in [0.25, 0.3) is 5.56 Å². The molecule has 1 heterocycles. The van der Waals surface area contributed by atoms with Crippen molar-refractivity contribution in [3.8, 4) is 0 Å². The smallest absolute Gasteiger partial charge is 0.329 e. The molecule has 0 fully saturated rings. The topological polar surface area (TPSA) is 81.2 Å². The van der Waals surface area contributed by atoms with E-state index in [0.29, 0.717) is 4.57 Å². The number of esters is 1. The number of nitrogens with one attached hydrogen (secondary N) is 1. The summed E-state index contributed by atoms with van der Waals surface area (Å²) in [4.78, 5) is 37.0. The summed E-state index contributed by atoms with van der Waals surface area (Å²) in [7, 11) is 1.14. The van der Waals surface area contributed by atoms with Gasteiger partial charge in [0.2, 0.25) is 0 Å². The molecule has 18 heavy (non-hydrogen) atoms. The molecule has 2 aromatic rings. The van der Waals surface area contributed by atoms with E-state index in [-0.39, 0.29) is 10.9 Å². The maximum absolute atomic E-state index is 13.0. The number of nitrogens with zero attached hydrogens (tertiary/aromatic N) is 1. The molecule has 94 valence electrons. The molecule has 0 radical (unpaired) electrons. The van der Waals surface area contributed by atoms with Crippen LogP contribution in [0.2, 0.25) is 0 Å². The number of ether oxygens (including phenoxy) is 1. The number of rotatable bonds is 2. The van der Waals surface area contributed by atoms with Gasteiger partial charge in [-0.3, -0.25) is 9.59 Å². The number of hydrogen-bond donors (Lipinski definition) is 1. The Morgan fingerprint density at radius 1 is 1.44 bits per heavy atom. The minimum atomic E-state index is -0.746. The van der Waals surface area contributed by atoms with Crippen LogP contribution in [0, 0.1) is 5.82 Å². The van der Waals surface area contributed by atoms with Crippen LogP contribution < -0.4 is 11.2 Å². The fourth-order valence-corrected chi connectivity index (χ4v) is 1.56. The third-order valence-corrected chi connectivity index (χ3v) is 2.46. The van der Waals surface area contributed by atoms with Crippen molar-refractivity contribution in [1.29, 1.82) is 0 Å². The zero-order chi connectivity index (χ0) is 13.3. The largest absolute Gasteiger partial charge is 0.468 e. The summed E-state index contributed by atoms with van der Waals surface area (Å²) in [5, 5.41) is -0.00139. The monoisotopic (exact) mass is 252 g/mol. The van der Waals surface area contributed by atoms with Gasteiger partial charge < -0.3 is 9.72 Å². The number of fused-ring (bicyclic) bond motifs is 1. The Bertz CT molecular complexity index is 732. The second-order valence-corrected chi connectivity index (χ2v) is 3.59. The first-order valence-electron chi connectivity index (χ1n) is 5.02. The maximum atomic E-state index is 13.0. The van der Waals surface area contributed by atoms with E-state index in [1.54, 1.807) is 0 Å². The Hall–Kier alpha value is -2.44. The average molecular weight is 252 g/mol. The summed E-state index contributed by atoms with van der Waals surface area (Å²) in [5.41, 5.74) is -1.27. The molecule has 0 bridgehead atoms. The lowest BCUT2D eigenvalue weighted by Crippen LogP contribution is -2.37. The molecule has 0 aliphatic rings. The van der Waals surface area contributed by atoms with Crippen LogP contribution in [0.15, 0.2) is 27.8 Å². The first kappa shape index (κ1) is 12.0. The Labute approximate surface area is 99.6 Å². The predicted octanol–water partition coefficient (Wildman–Crippen LogP) is 0.00190. The SMILES string of the molecule is COC(=O)Cn1c(=O)[nH]c2ccc(F)cc2c1=O. The molecule has 1 aromatic carbocycles. The van der Waals surface area contributed by atoms with Gasteiger partial charge in [-0.05, 0) is 18.2 Å². The summed E-state index contributed by atoms with van der Waals surface area (Å²) >= 11 is 0. The van der Waals surface area contributed by atoms with Gasteiger partial charge in [0.05, 0.1) is 18.0 Å². The van der Waals surface area contributed by atoms with Crippen molar-refractivity contribution in [1.82, 2.24) is 9.55 Å². The molecular formula is C11H9FN2O4. The lowest BCUT2D eigenvalue weighted by Gasteiger charge is -2.04. The number of hydrogen-bond acceptors (Lipinski definition) is 4. The molecule has 0 spiro atoms. The van der Waals surface area contributed by atoms with Crippen molar-refractivity contribution in [2.24, 2.45) is 0 Å². The van der Waals surface area contributed by atoms with Crippen LogP contribution in [0.3, 0.4) is 0 Å². The molecular weight excluding hydrogens is 243 g/mol. The number of halogens is 1. The number of H-pyrrole nitrogens is 1. The van der Waals surface area contributed by atoms with Crippen molar-refractivity contribution < 1.29 is 13.9 Å². The quantitative estimate of drug-likeness (QED) is 0.763. The average Bonchev–Trinajstić information content (AvgIpc) is 2.35. The van der Waals surface area contributed by atoms with Crippen LogP contribution in [0.4, 0.5) is 4.39 Å². The van der Waals surface area contributed by atoms with E-state index in [1.807, 2.05) is 0 Å². The molecule has 0 aliphatic heterocycles. The normalized spacial score (nSPS) is 10.6. The lowest BCUT2D eigenvalue weighted by atomic mass is 10.2. The van der Waals surface area contributed by atoms with Crippen LogP contribution in [-0.4, -0.2) is 22.6 Å². The Morgan fingerprint density at radius 2 is 2.17 bits per heavy atom. The minimum absolute atomic E-state index is 0.00139. The molecule has 0 unspecified atom stereocenters. The number of methoxy groups -OCH3 is 1. The molecule has 0 amide bonds. The van der Waals surface area contributed by atoms with E-state index < -0.39 is 29.6 Å². The lowest BCUT2D eigenvalue weighted by molar-refractivity contribution is -0.141. The van der Waals surface area contributed by atoms with E-state index >= 15 is 0 Å². The molecule has 0 atom stereocenters. The van der Waals surface area contributed by atoms with Gasteiger partial charge in [-0.2, -0.15) is 0 Å². The summed E-state index contributed by atoms with van der Waals surface area (Å²) < 4.78 is 18.1. The third kappa shape index (κ3) is 2.02. The molecule has 1 aromatic heterocycles. The summed E-state index contributed by atoms with van der Waals surface area (Å²) in [6.07, 6.45) is 0. The predicted molar refractivity (Wildman–Crippen MR) is 60.8 cm³/mol. The second kappa shape index (κ2) is 4.44. The number of aromatic amines is 1. The second-order valence-electron chi connectivity index (χ2n) is 3.59. The summed E-state index contributed by atoms with van der Waals surface area (Å²) in [6, 6.07) is 3.42. The summed E-state index contributed by atoms with van der Waals surface area (Å²) in [5.74, 6) is -1.34. The van der Waals surface area contributed by atoms with Crippen LogP contribution in [0.1, 0.15) is 0 Å². The van der Waals surface area contributed by atoms with Gasteiger partial charge in [-0.15, -0.1) is 0 Å². The molecule has 7 heteroatoms. The van der Waals surface area contributed by atoms with E-state index in [2.05, 4.69) is 9.72 Å². The standard InChI is InChI=1S/C11H9FN2O4/c1-18-9(15)5-14-10(16)7-4-6(12)2-3-8(7)13-11(14)17/h2-4H,5H2,1H3,(H,13,17). The van der Waals surface area contributed by atoms with Crippen molar-refractivity contribution in [2.45, 2.75) is 6.54 Å². The zero-order valence-corrected chi connectivity index (χ0v) is 9.40. The molecule has 0 saturated heterocycles. The molecule has 6 nitrogen and oxygen atoms in total. The Kier molecular flexibility index (Phi) is 2.97. The molecule has 0 aliphatic carbocycles. The Balaban J connectivity index is 2.71. The maximum Gasteiger partial charge on any atom is 0.329 e. The van der Waals surface area contributed by atoms with E-state index in [9.17, 15) is 18.8 Å². The highest BCUT2D eigenvalue weighted by Crippen LogP contribution is 2.07. The van der Waals surface area contributed by atoms with Gasteiger partial charge in [0.15, 0.2) is 0 Å². The first-order chi connectivity index (χ1) is 8.52. The van der Waals surface area contributed by atoms with Gasteiger partial charge in [-0.1, -0.05) is 0 Å². The number of benzene rings is 1. The van der Waals surface area contributed by atoms with E-state index in [0.717, 1.165) is 19.2 Å². The van der Waals surface area contributed by atoms with E-state index in [1.165, 1.54) is 6.07 Å². The van der Waals surface area contributed by atoms with Crippen molar-refractivity contribution in [3.05, 3.63) is 44.9 Å². The van der Waals surface area contributed by atoms with Crippen LogP contribution >= 0.6 is 0 Å².